The lowest BCUT2D eigenvalue weighted by atomic mass is 9.93. The second-order valence-corrected chi connectivity index (χ2v) is 4.96. The fourth-order valence-electron chi connectivity index (χ4n) is 2.36. The first kappa shape index (κ1) is 15.4. The van der Waals surface area contributed by atoms with E-state index in [9.17, 15) is 4.79 Å². The summed E-state index contributed by atoms with van der Waals surface area (Å²) < 4.78 is 5.02. The molecule has 0 bridgehead atoms. The summed E-state index contributed by atoms with van der Waals surface area (Å²) >= 11 is 0. The minimum absolute atomic E-state index is 0.0690. The topological polar surface area (TPSA) is 70.6 Å². The molecule has 1 amide bonds. The van der Waals surface area contributed by atoms with Crippen LogP contribution in [0, 0.1) is 5.92 Å². The molecule has 0 radical (unpaired) electrons. The molecule has 0 aliphatic carbocycles. The summed E-state index contributed by atoms with van der Waals surface area (Å²) in [7, 11) is 1.60. The zero-order chi connectivity index (χ0) is 13.2. The highest BCUT2D eigenvalue weighted by Crippen LogP contribution is 2.17. The van der Waals surface area contributed by atoms with Gasteiger partial charge < -0.3 is 20.5 Å². The third kappa shape index (κ3) is 6.33. The van der Waals surface area contributed by atoms with Crippen LogP contribution in [-0.4, -0.2) is 50.5 Å². The normalized spacial score (nSPS) is 18.6. The van der Waals surface area contributed by atoms with Gasteiger partial charge in [0.05, 0.1) is 12.6 Å². The standard InChI is InChI=1S/C13H26N2O3/c1-18-10-12(6-9-16)15-13(17)3-2-11-4-7-14-8-5-11/h11-12,14,16H,2-10H2,1H3,(H,15,17). The highest BCUT2D eigenvalue weighted by atomic mass is 16.5. The lowest BCUT2D eigenvalue weighted by Gasteiger charge is -2.23. The van der Waals surface area contributed by atoms with Gasteiger partial charge in [-0.1, -0.05) is 0 Å². The van der Waals surface area contributed by atoms with E-state index >= 15 is 0 Å². The Morgan fingerprint density at radius 1 is 1.50 bits per heavy atom. The summed E-state index contributed by atoms with van der Waals surface area (Å²) in [6, 6.07) is -0.0690. The van der Waals surface area contributed by atoms with E-state index in [-0.39, 0.29) is 18.6 Å². The maximum Gasteiger partial charge on any atom is 0.220 e. The molecule has 1 saturated heterocycles. The van der Waals surface area contributed by atoms with Crippen LogP contribution in [0.25, 0.3) is 0 Å². The van der Waals surface area contributed by atoms with Crippen molar-refractivity contribution in [3.8, 4) is 0 Å². The number of ether oxygens (including phenoxy) is 1. The zero-order valence-electron chi connectivity index (χ0n) is 11.3. The average molecular weight is 258 g/mol. The van der Waals surface area contributed by atoms with E-state index in [1.165, 1.54) is 12.8 Å². The van der Waals surface area contributed by atoms with E-state index < -0.39 is 0 Å². The van der Waals surface area contributed by atoms with Crippen molar-refractivity contribution in [3.63, 3.8) is 0 Å². The van der Waals surface area contributed by atoms with E-state index in [0.29, 0.717) is 25.4 Å². The fourth-order valence-corrected chi connectivity index (χ4v) is 2.36. The fraction of sp³-hybridized carbons (Fsp3) is 0.923. The van der Waals surface area contributed by atoms with E-state index in [4.69, 9.17) is 9.84 Å². The molecule has 1 rings (SSSR count). The lowest BCUT2D eigenvalue weighted by molar-refractivity contribution is -0.122. The molecule has 0 aromatic rings. The van der Waals surface area contributed by atoms with Gasteiger partial charge in [-0.05, 0) is 44.7 Å². The molecule has 1 aliphatic heterocycles. The van der Waals surface area contributed by atoms with Crippen LogP contribution in [-0.2, 0) is 9.53 Å². The molecular weight excluding hydrogens is 232 g/mol. The minimum atomic E-state index is -0.0690. The first-order valence-corrected chi connectivity index (χ1v) is 6.86. The molecule has 106 valence electrons. The maximum atomic E-state index is 11.8. The van der Waals surface area contributed by atoms with Crippen LogP contribution < -0.4 is 10.6 Å². The van der Waals surface area contributed by atoms with Gasteiger partial charge in [0, 0.05) is 20.1 Å². The van der Waals surface area contributed by atoms with Crippen molar-refractivity contribution in [1.29, 1.82) is 0 Å². The summed E-state index contributed by atoms with van der Waals surface area (Å²) in [6.45, 7) is 2.68. The molecule has 18 heavy (non-hydrogen) atoms. The molecule has 0 aromatic carbocycles. The number of nitrogens with one attached hydrogen (secondary N) is 2. The summed E-state index contributed by atoms with van der Waals surface area (Å²) in [5.41, 5.74) is 0. The maximum absolute atomic E-state index is 11.8. The molecule has 1 unspecified atom stereocenters. The number of hydrogen-bond donors (Lipinski definition) is 3. The second kappa shape index (κ2) is 9.30. The number of aliphatic hydroxyl groups excluding tert-OH is 1. The molecule has 5 heteroatoms. The van der Waals surface area contributed by atoms with Crippen molar-refractivity contribution < 1.29 is 14.6 Å². The smallest absolute Gasteiger partial charge is 0.220 e. The predicted octanol–water partition coefficient (Wildman–Crippen LogP) is 0.280. The van der Waals surface area contributed by atoms with Crippen molar-refractivity contribution in [2.24, 2.45) is 5.92 Å². The van der Waals surface area contributed by atoms with E-state index in [1.807, 2.05) is 0 Å². The van der Waals surface area contributed by atoms with Crippen LogP contribution in [0.2, 0.25) is 0 Å². The van der Waals surface area contributed by atoms with Crippen molar-refractivity contribution in [2.45, 2.75) is 38.1 Å². The van der Waals surface area contributed by atoms with Gasteiger partial charge in [-0.2, -0.15) is 0 Å². The van der Waals surface area contributed by atoms with Crippen LogP contribution in [0.15, 0.2) is 0 Å². The molecule has 3 N–H and O–H groups in total. The molecule has 1 heterocycles. The van der Waals surface area contributed by atoms with Crippen LogP contribution in [0.1, 0.15) is 32.1 Å². The average Bonchev–Trinajstić information content (AvgIpc) is 2.38. The van der Waals surface area contributed by atoms with Gasteiger partial charge in [-0.15, -0.1) is 0 Å². The van der Waals surface area contributed by atoms with Gasteiger partial charge in [0.15, 0.2) is 0 Å². The molecular formula is C13H26N2O3. The lowest BCUT2D eigenvalue weighted by Crippen LogP contribution is -2.39. The Morgan fingerprint density at radius 2 is 2.22 bits per heavy atom. The minimum Gasteiger partial charge on any atom is -0.396 e. The number of amides is 1. The van der Waals surface area contributed by atoms with Gasteiger partial charge >= 0.3 is 0 Å². The molecule has 5 nitrogen and oxygen atoms in total. The number of carbonyl (C=O) groups is 1. The van der Waals surface area contributed by atoms with Crippen LogP contribution in [0.4, 0.5) is 0 Å². The van der Waals surface area contributed by atoms with E-state index in [0.717, 1.165) is 19.5 Å². The van der Waals surface area contributed by atoms with Gasteiger partial charge in [0.25, 0.3) is 0 Å². The SMILES string of the molecule is COCC(CCO)NC(=O)CCC1CCNCC1. The van der Waals surface area contributed by atoms with Crippen molar-refractivity contribution in [1.82, 2.24) is 10.6 Å². The Hall–Kier alpha value is -0.650. The van der Waals surface area contributed by atoms with E-state index in [2.05, 4.69) is 10.6 Å². The highest BCUT2D eigenvalue weighted by Gasteiger charge is 2.16. The molecule has 1 aliphatic rings. The summed E-state index contributed by atoms with van der Waals surface area (Å²) in [6.07, 6.45) is 4.44. The number of hydrogen-bond acceptors (Lipinski definition) is 4. The molecule has 0 spiro atoms. The third-order valence-corrected chi connectivity index (χ3v) is 3.45. The predicted molar refractivity (Wildman–Crippen MR) is 70.3 cm³/mol. The summed E-state index contributed by atoms with van der Waals surface area (Å²) in [5, 5.41) is 15.1. The number of piperidine rings is 1. The first-order valence-electron chi connectivity index (χ1n) is 6.86. The number of aliphatic hydroxyl groups is 1. The van der Waals surface area contributed by atoms with E-state index in [1.54, 1.807) is 7.11 Å². The Kier molecular flexibility index (Phi) is 7.96. The molecule has 0 saturated carbocycles. The quantitative estimate of drug-likeness (QED) is 0.585. The first-order chi connectivity index (χ1) is 8.76. The van der Waals surface area contributed by atoms with Crippen molar-refractivity contribution >= 4 is 5.91 Å². The van der Waals surface area contributed by atoms with Gasteiger partial charge in [-0.3, -0.25) is 4.79 Å². The number of carbonyl (C=O) groups excluding carboxylic acids is 1. The Balaban J connectivity index is 2.17. The largest absolute Gasteiger partial charge is 0.396 e. The van der Waals surface area contributed by atoms with Crippen LogP contribution >= 0.6 is 0 Å². The third-order valence-electron chi connectivity index (χ3n) is 3.45. The van der Waals surface area contributed by atoms with Crippen molar-refractivity contribution in [2.75, 3.05) is 33.4 Å². The van der Waals surface area contributed by atoms with Crippen molar-refractivity contribution in [3.05, 3.63) is 0 Å². The van der Waals surface area contributed by atoms with Crippen LogP contribution in [0.5, 0.6) is 0 Å². The number of methoxy groups -OCH3 is 1. The zero-order valence-corrected chi connectivity index (χ0v) is 11.3. The van der Waals surface area contributed by atoms with Gasteiger partial charge in [0.2, 0.25) is 5.91 Å². The van der Waals surface area contributed by atoms with Gasteiger partial charge in [-0.25, -0.2) is 0 Å². The summed E-state index contributed by atoms with van der Waals surface area (Å²) in [5.74, 6) is 0.750. The Labute approximate surface area is 109 Å². The molecule has 0 aromatic heterocycles. The Bertz CT molecular complexity index is 224. The monoisotopic (exact) mass is 258 g/mol. The molecule has 1 atom stereocenters. The van der Waals surface area contributed by atoms with Crippen LogP contribution in [0.3, 0.4) is 0 Å². The number of rotatable bonds is 8. The Morgan fingerprint density at radius 3 is 2.83 bits per heavy atom. The van der Waals surface area contributed by atoms with Gasteiger partial charge in [0.1, 0.15) is 0 Å². The second-order valence-electron chi connectivity index (χ2n) is 4.96. The summed E-state index contributed by atoms with van der Waals surface area (Å²) in [4.78, 5) is 11.8. The molecule has 1 fully saturated rings. The highest BCUT2D eigenvalue weighted by molar-refractivity contribution is 5.76.